The maximum absolute atomic E-state index is 14.7. The maximum Gasteiger partial charge on any atom is 0.181 e. The average Bonchev–Trinajstić information content (AvgIpc) is 2.41. The summed E-state index contributed by atoms with van der Waals surface area (Å²) in [5.74, 6) is 2.63. The van der Waals surface area contributed by atoms with Gasteiger partial charge < -0.3 is 4.57 Å². The van der Waals surface area contributed by atoms with E-state index in [2.05, 4.69) is 0 Å². The number of hydrogen-bond acceptors (Lipinski definition) is 1. The van der Waals surface area contributed by atoms with Crippen LogP contribution in [0.4, 0.5) is 0 Å². The quantitative estimate of drug-likeness (QED) is 0.341. The van der Waals surface area contributed by atoms with Crippen LogP contribution >= 0.6 is 40.9 Å². The van der Waals surface area contributed by atoms with Crippen LogP contribution in [-0.2, 0) is 4.57 Å². The number of rotatable bonds is 2. The Kier molecular flexibility index (Phi) is 3.27. The van der Waals surface area contributed by atoms with Gasteiger partial charge in [0.2, 0.25) is 0 Å². The van der Waals surface area contributed by atoms with Crippen molar-refractivity contribution in [2.24, 2.45) is 23.7 Å². The van der Waals surface area contributed by atoms with Gasteiger partial charge in [-0.25, -0.2) is 0 Å². The summed E-state index contributed by atoms with van der Waals surface area (Å²) in [5, 5.41) is -0.362. The van der Waals surface area contributed by atoms with Crippen LogP contribution in [0.5, 0.6) is 0 Å². The molecule has 5 heteroatoms. The van der Waals surface area contributed by atoms with E-state index >= 15 is 0 Å². The first kappa shape index (κ1) is 17.0. The van der Waals surface area contributed by atoms with Gasteiger partial charge in [0.05, 0.1) is 0 Å². The molecule has 0 spiro atoms. The minimum Gasteiger partial charge on any atom is -0.305 e. The van der Waals surface area contributed by atoms with Gasteiger partial charge >= 0.3 is 0 Å². The SMILES string of the molecule is O=P(Cl)(C12C[C@@H]3C[C@@H](CC(Cl)(C3)C1)C2)C12C[C@@H]3C[C@@H](CC(Cl)(C3)C1)C2. The molecular weight excluding hydrogens is 394 g/mol. The minimum atomic E-state index is -2.87. The molecule has 8 aliphatic rings. The van der Waals surface area contributed by atoms with E-state index in [-0.39, 0.29) is 20.1 Å². The molecule has 4 unspecified atom stereocenters. The van der Waals surface area contributed by atoms with Crippen LogP contribution in [0.2, 0.25) is 0 Å². The van der Waals surface area contributed by atoms with Crippen molar-refractivity contribution in [2.75, 3.05) is 0 Å². The second-order valence-electron chi connectivity index (χ2n) is 11.2. The van der Waals surface area contributed by atoms with Crippen LogP contribution in [-0.4, -0.2) is 20.1 Å². The van der Waals surface area contributed by atoms with E-state index in [0.717, 1.165) is 64.2 Å². The molecule has 0 aromatic heterocycles. The molecule has 8 saturated carbocycles. The zero-order valence-corrected chi connectivity index (χ0v) is 17.9. The van der Waals surface area contributed by atoms with Gasteiger partial charge in [-0.05, 0) is 101 Å². The molecule has 0 heterocycles. The first-order chi connectivity index (χ1) is 11.6. The van der Waals surface area contributed by atoms with Gasteiger partial charge in [0.25, 0.3) is 0 Å². The monoisotopic (exact) mass is 420 g/mol. The average molecular weight is 422 g/mol. The maximum atomic E-state index is 14.7. The highest BCUT2D eigenvalue weighted by atomic mass is 35.7. The van der Waals surface area contributed by atoms with Crippen LogP contribution in [0.3, 0.4) is 0 Å². The molecule has 1 nitrogen and oxygen atoms in total. The van der Waals surface area contributed by atoms with Crippen molar-refractivity contribution in [2.45, 2.75) is 97.1 Å². The molecule has 140 valence electrons. The molecule has 0 N–H and O–H groups in total. The molecule has 8 rings (SSSR count). The molecule has 8 bridgehead atoms. The lowest BCUT2D eigenvalue weighted by Gasteiger charge is -2.67. The van der Waals surface area contributed by atoms with E-state index in [1.807, 2.05) is 0 Å². The molecule has 0 aromatic rings. The van der Waals surface area contributed by atoms with E-state index in [9.17, 15) is 4.57 Å². The summed E-state index contributed by atoms with van der Waals surface area (Å²) in [6, 6.07) is 0. The third-order valence-corrected chi connectivity index (χ3v) is 15.7. The Morgan fingerprint density at radius 1 is 0.640 bits per heavy atom. The van der Waals surface area contributed by atoms with E-state index in [1.165, 1.54) is 12.8 Å². The molecule has 0 saturated heterocycles. The van der Waals surface area contributed by atoms with Crippen LogP contribution in [0.15, 0.2) is 0 Å². The molecule has 0 aromatic carbocycles. The molecule has 0 amide bonds. The van der Waals surface area contributed by atoms with Crippen LogP contribution in [0.1, 0.15) is 77.0 Å². The lowest BCUT2D eigenvalue weighted by Crippen LogP contribution is -2.62. The van der Waals surface area contributed by atoms with E-state index < -0.39 is 6.49 Å². The number of hydrogen-bond donors (Lipinski definition) is 0. The summed E-state index contributed by atoms with van der Waals surface area (Å²) in [6.45, 7) is -2.87. The predicted octanol–water partition coefficient (Wildman–Crippen LogP) is 7.16. The van der Waals surface area contributed by atoms with Crippen molar-refractivity contribution in [1.82, 2.24) is 0 Å². The van der Waals surface area contributed by atoms with Crippen molar-refractivity contribution >= 4 is 40.9 Å². The van der Waals surface area contributed by atoms with Crippen molar-refractivity contribution in [3.8, 4) is 0 Å². The molecule has 0 aliphatic heterocycles. The highest BCUT2D eigenvalue weighted by molar-refractivity contribution is 7.91. The van der Waals surface area contributed by atoms with Crippen LogP contribution in [0.25, 0.3) is 0 Å². The van der Waals surface area contributed by atoms with Gasteiger partial charge in [-0.1, -0.05) is 11.2 Å². The number of alkyl halides is 2. The highest BCUT2D eigenvalue weighted by Gasteiger charge is 2.71. The first-order valence-electron chi connectivity index (χ1n) is 10.3. The summed E-state index contributed by atoms with van der Waals surface area (Å²) in [7, 11) is 0. The van der Waals surface area contributed by atoms with Gasteiger partial charge in [-0.15, -0.1) is 23.2 Å². The van der Waals surface area contributed by atoms with Crippen LogP contribution < -0.4 is 0 Å². The Bertz CT molecular complexity index is 608. The molecule has 8 aliphatic carbocycles. The fourth-order valence-corrected chi connectivity index (χ4v) is 16.1. The third kappa shape index (κ3) is 2.14. The van der Waals surface area contributed by atoms with Crippen molar-refractivity contribution in [3.63, 3.8) is 0 Å². The smallest absolute Gasteiger partial charge is 0.181 e. The molecule has 0 radical (unpaired) electrons. The summed E-state index contributed by atoms with van der Waals surface area (Å²) in [5.41, 5.74) is 0. The van der Waals surface area contributed by atoms with Crippen molar-refractivity contribution < 1.29 is 4.57 Å². The van der Waals surface area contributed by atoms with Gasteiger partial charge in [0.15, 0.2) is 6.49 Å². The standard InChI is InChI=1S/C20H28Cl3OP/c21-17-3-13-1-14(4-17)8-19(7-13,11-17)25(23,24)20-9-15-2-16(10-20)6-18(22,5-15)12-20/h13-16H,1-12H2/t13-,14+,15-,16+,17?,18?,19?,20?,25?. The lowest BCUT2D eigenvalue weighted by molar-refractivity contribution is 0.0301. The van der Waals surface area contributed by atoms with Gasteiger partial charge in [-0.2, -0.15) is 0 Å². The Labute approximate surface area is 166 Å². The first-order valence-corrected chi connectivity index (χ1v) is 13.7. The summed E-state index contributed by atoms with van der Waals surface area (Å²) in [4.78, 5) is -0.231. The van der Waals surface area contributed by atoms with E-state index in [1.54, 1.807) is 0 Å². The molecule has 8 atom stereocenters. The molecule has 8 fully saturated rings. The zero-order chi connectivity index (χ0) is 17.3. The third-order valence-electron chi connectivity index (χ3n) is 9.14. The van der Waals surface area contributed by atoms with E-state index in [0.29, 0.717) is 23.7 Å². The Morgan fingerprint density at radius 2 is 0.960 bits per heavy atom. The second-order valence-corrected chi connectivity index (χ2v) is 17.2. The predicted molar refractivity (Wildman–Crippen MR) is 105 cm³/mol. The van der Waals surface area contributed by atoms with Crippen molar-refractivity contribution in [1.29, 1.82) is 0 Å². The Balaban J connectivity index is 1.44. The largest absolute Gasteiger partial charge is 0.305 e. The normalized spacial score (nSPS) is 63.8. The fourth-order valence-electron chi connectivity index (χ4n) is 9.38. The number of halogens is 3. The molecular formula is C20H28Cl3OP. The fraction of sp³-hybridized carbons (Fsp3) is 1.00. The molecule has 25 heavy (non-hydrogen) atoms. The Hall–Kier alpha value is 1.10. The van der Waals surface area contributed by atoms with Crippen molar-refractivity contribution in [3.05, 3.63) is 0 Å². The second kappa shape index (κ2) is 4.80. The lowest BCUT2D eigenvalue weighted by atomic mass is 9.55. The van der Waals surface area contributed by atoms with Crippen LogP contribution in [0, 0.1) is 23.7 Å². The van der Waals surface area contributed by atoms with Gasteiger partial charge in [0.1, 0.15) is 0 Å². The zero-order valence-electron chi connectivity index (χ0n) is 14.8. The summed E-state index contributed by atoms with van der Waals surface area (Å²) in [6.07, 6.45) is 13.2. The highest BCUT2D eigenvalue weighted by Crippen LogP contribution is 2.86. The summed E-state index contributed by atoms with van der Waals surface area (Å²) < 4.78 is 14.7. The topological polar surface area (TPSA) is 17.1 Å². The summed E-state index contributed by atoms with van der Waals surface area (Å²) >= 11 is 21.5. The van der Waals surface area contributed by atoms with Gasteiger partial charge in [0, 0.05) is 20.1 Å². The van der Waals surface area contributed by atoms with E-state index in [4.69, 9.17) is 34.4 Å². The minimum absolute atomic E-state index is 0.115. The van der Waals surface area contributed by atoms with Gasteiger partial charge in [-0.3, -0.25) is 0 Å². The Morgan fingerprint density at radius 3 is 1.24 bits per heavy atom.